The van der Waals surface area contributed by atoms with Crippen molar-refractivity contribution in [1.82, 2.24) is 9.58 Å². The molecule has 0 aliphatic rings. The summed E-state index contributed by atoms with van der Waals surface area (Å²) < 4.78 is 50.2. The fourth-order valence-electron chi connectivity index (χ4n) is 4.06. The molecule has 0 spiro atoms. The van der Waals surface area contributed by atoms with Crippen LogP contribution >= 0.6 is 0 Å². The van der Waals surface area contributed by atoms with Crippen LogP contribution in [0.2, 0.25) is 0 Å². The molecule has 0 saturated carbocycles. The number of alkyl halides is 3. The summed E-state index contributed by atoms with van der Waals surface area (Å²) in [5.74, 6) is 6.08. The number of rotatable bonds is 10. The Morgan fingerprint density at radius 3 is 2.46 bits per heavy atom. The van der Waals surface area contributed by atoms with E-state index in [1.54, 1.807) is 18.2 Å². The van der Waals surface area contributed by atoms with Gasteiger partial charge in [0.1, 0.15) is 18.1 Å². The molecule has 3 aromatic carbocycles. The quantitative estimate of drug-likeness (QED) is 0.155. The monoisotopic (exact) mass is 511 g/mol. The number of hydrazine groups is 1. The van der Waals surface area contributed by atoms with Gasteiger partial charge in [0, 0.05) is 29.6 Å². The second kappa shape index (κ2) is 11.4. The maximum absolute atomic E-state index is 12.8. The standard InChI is InChI=1S/C28H28F3N3O3/c1-2-3-14-34(32)27(35)21-12-13-26-22(16-21)17-23(19-36-24-9-5-4-6-10-24)33(26)18-20-8-7-11-25(15-20)37-28(29,30)31/h4-13,15-17H,2-3,14,18-19,32H2,1H3. The third-order valence-corrected chi connectivity index (χ3v) is 5.85. The minimum Gasteiger partial charge on any atom is -0.487 e. The number of hydrogen-bond donors (Lipinski definition) is 1. The normalized spacial score (nSPS) is 11.5. The highest BCUT2D eigenvalue weighted by Gasteiger charge is 2.31. The third-order valence-electron chi connectivity index (χ3n) is 5.85. The SMILES string of the molecule is CCCCN(N)C(=O)c1ccc2c(c1)cc(COc1ccccc1)n2Cc1cccc(OC(F)(F)F)c1. The zero-order chi connectivity index (χ0) is 26.4. The summed E-state index contributed by atoms with van der Waals surface area (Å²) in [6.45, 7) is 2.98. The molecule has 0 aliphatic heterocycles. The average Bonchev–Trinajstić information content (AvgIpc) is 3.21. The van der Waals surface area contributed by atoms with Crippen molar-refractivity contribution < 1.29 is 27.4 Å². The smallest absolute Gasteiger partial charge is 0.487 e. The molecule has 4 aromatic rings. The highest BCUT2D eigenvalue weighted by molar-refractivity contribution is 5.98. The summed E-state index contributed by atoms with van der Waals surface area (Å²) in [5.41, 5.74) is 2.68. The number of nitrogens with zero attached hydrogens (tertiary/aromatic N) is 2. The van der Waals surface area contributed by atoms with Crippen molar-refractivity contribution in [2.45, 2.75) is 39.3 Å². The number of halogens is 3. The molecular weight excluding hydrogens is 483 g/mol. The molecule has 1 aromatic heterocycles. The number of carbonyl (C=O) groups excluding carboxylic acids is 1. The number of carbonyl (C=O) groups is 1. The van der Waals surface area contributed by atoms with Crippen LogP contribution in [0.15, 0.2) is 78.9 Å². The van der Waals surface area contributed by atoms with E-state index in [2.05, 4.69) is 4.74 Å². The van der Waals surface area contributed by atoms with Crippen LogP contribution in [0, 0.1) is 0 Å². The maximum Gasteiger partial charge on any atom is 0.573 e. The number of aromatic nitrogens is 1. The van der Waals surface area contributed by atoms with Gasteiger partial charge in [-0.3, -0.25) is 9.80 Å². The first kappa shape index (κ1) is 26.1. The second-order valence-corrected chi connectivity index (χ2v) is 8.64. The molecule has 0 atom stereocenters. The van der Waals surface area contributed by atoms with Gasteiger partial charge in [-0.05, 0) is 60.5 Å². The van der Waals surface area contributed by atoms with Gasteiger partial charge in [0.2, 0.25) is 0 Å². The number of hydrogen-bond acceptors (Lipinski definition) is 4. The van der Waals surface area contributed by atoms with E-state index in [0.29, 0.717) is 23.4 Å². The summed E-state index contributed by atoms with van der Waals surface area (Å²) in [7, 11) is 0. The zero-order valence-electron chi connectivity index (χ0n) is 20.4. The molecule has 4 rings (SSSR count). The zero-order valence-corrected chi connectivity index (χ0v) is 20.4. The Labute approximate surface area is 213 Å². The molecule has 0 saturated heterocycles. The average molecular weight is 512 g/mol. The fourth-order valence-corrected chi connectivity index (χ4v) is 4.06. The van der Waals surface area contributed by atoms with Crippen LogP contribution in [0.1, 0.15) is 41.4 Å². The number of ether oxygens (including phenoxy) is 2. The number of unbranched alkanes of at least 4 members (excludes halogenated alkanes) is 1. The van der Waals surface area contributed by atoms with Gasteiger partial charge in [-0.25, -0.2) is 5.84 Å². The van der Waals surface area contributed by atoms with Gasteiger partial charge in [0.15, 0.2) is 0 Å². The molecule has 194 valence electrons. The van der Waals surface area contributed by atoms with Gasteiger partial charge >= 0.3 is 6.36 Å². The van der Waals surface area contributed by atoms with E-state index < -0.39 is 6.36 Å². The fraction of sp³-hybridized carbons (Fsp3) is 0.250. The Bertz CT molecular complexity index is 1350. The topological polar surface area (TPSA) is 69.7 Å². The molecule has 0 unspecified atom stereocenters. The van der Waals surface area contributed by atoms with Crippen molar-refractivity contribution in [2.24, 2.45) is 5.84 Å². The van der Waals surface area contributed by atoms with Crippen molar-refractivity contribution >= 4 is 16.8 Å². The lowest BCUT2D eigenvalue weighted by Gasteiger charge is -2.16. The van der Waals surface area contributed by atoms with E-state index in [9.17, 15) is 18.0 Å². The largest absolute Gasteiger partial charge is 0.573 e. The predicted molar refractivity (Wildman–Crippen MR) is 135 cm³/mol. The van der Waals surface area contributed by atoms with Crippen LogP contribution in [0.4, 0.5) is 13.2 Å². The molecule has 0 radical (unpaired) electrons. The summed E-state index contributed by atoms with van der Waals surface area (Å²) in [6, 6.07) is 22.4. The number of amides is 1. The molecule has 0 bridgehead atoms. The molecule has 6 nitrogen and oxygen atoms in total. The van der Waals surface area contributed by atoms with E-state index in [1.165, 1.54) is 23.2 Å². The lowest BCUT2D eigenvalue weighted by Crippen LogP contribution is -2.38. The predicted octanol–water partition coefficient (Wildman–Crippen LogP) is 6.28. The van der Waals surface area contributed by atoms with Crippen LogP contribution in [-0.2, 0) is 13.2 Å². The van der Waals surface area contributed by atoms with Crippen molar-refractivity contribution in [2.75, 3.05) is 6.54 Å². The van der Waals surface area contributed by atoms with Crippen LogP contribution in [0.3, 0.4) is 0 Å². The lowest BCUT2D eigenvalue weighted by atomic mass is 10.1. The van der Waals surface area contributed by atoms with Crippen molar-refractivity contribution in [3.8, 4) is 11.5 Å². The molecule has 1 amide bonds. The second-order valence-electron chi connectivity index (χ2n) is 8.64. The van der Waals surface area contributed by atoms with Gasteiger partial charge < -0.3 is 14.0 Å². The summed E-state index contributed by atoms with van der Waals surface area (Å²) in [6.07, 6.45) is -3.05. The Hall–Kier alpha value is -3.98. The highest BCUT2D eigenvalue weighted by Crippen LogP contribution is 2.27. The highest BCUT2D eigenvalue weighted by atomic mass is 19.4. The Morgan fingerprint density at radius 2 is 1.73 bits per heavy atom. The molecular formula is C28H28F3N3O3. The molecule has 1 heterocycles. The lowest BCUT2D eigenvalue weighted by molar-refractivity contribution is -0.274. The summed E-state index contributed by atoms with van der Waals surface area (Å²) in [4.78, 5) is 12.8. The van der Waals surface area contributed by atoms with E-state index in [4.69, 9.17) is 10.6 Å². The first-order chi connectivity index (χ1) is 17.7. The van der Waals surface area contributed by atoms with Crippen molar-refractivity contribution in [1.29, 1.82) is 0 Å². The number of nitrogens with two attached hydrogens (primary N) is 1. The van der Waals surface area contributed by atoms with Crippen molar-refractivity contribution in [3.05, 3.63) is 95.7 Å². The minimum atomic E-state index is -4.77. The molecule has 2 N–H and O–H groups in total. The first-order valence-electron chi connectivity index (χ1n) is 11.9. The Balaban J connectivity index is 1.67. The van der Waals surface area contributed by atoms with Crippen molar-refractivity contribution in [3.63, 3.8) is 0 Å². The van der Waals surface area contributed by atoms with Gasteiger partial charge in [-0.2, -0.15) is 0 Å². The van der Waals surface area contributed by atoms with E-state index in [0.717, 1.165) is 29.4 Å². The first-order valence-corrected chi connectivity index (χ1v) is 11.9. The molecule has 9 heteroatoms. The van der Waals surface area contributed by atoms with Gasteiger partial charge in [-0.15, -0.1) is 13.2 Å². The summed E-state index contributed by atoms with van der Waals surface area (Å²) >= 11 is 0. The van der Waals surface area contributed by atoms with Gasteiger partial charge in [0.25, 0.3) is 5.91 Å². The number of fused-ring (bicyclic) bond motifs is 1. The minimum absolute atomic E-state index is 0.222. The number of para-hydroxylation sites is 1. The van der Waals surface area contributed by atoms with Gasteiger partial charge in [-0.1, -0.05) is 43.7 Å². The molecule has 0 fully saturated rings. The Morgan fingerprint density at radius 1 is 0.973 bits per heavy atom. The maximum atomic E-state index is 12.8. The van der Waals surface area contributed by atoms with E-state index in [1.807, 2.05) is 54.0 Å². The third kappa shape index (κ3) is 6.83. The number of benzene rings is 3. The van der Waals surface area contributed by atoms with E-state index in [-0.39, 0.29) is 24.8 Å². The van der Waals surface area contributed by atoms with Crippen LogP contribution in [-0.4, -0.2) is 28.4 Å². The summed E-state index contributed by atoms with van der Waals surface area (Å²) in [5, 5.41) is 2.01. The van der Waals surface area contributed by atoms with Gasteiger partial charge in [0.05, 0.1) is 5.69 Å². The molecule has 37 heavy (non-hydrogen) atoms. The van der Waals surface area contributed by atoms with E-state index >= 15 is 0 Å². The van der Waals surface area contributed by atoms with Crippen LogP contribution in [0.5, 0.6) is 11.5 Å². The Kier molecular flexibility index (Phi) is 8.03. The molecule has 0 aliphatic carbocycles. The van der Waals surface area contributed by atoms with Crippen LogP contribution in [0.25, 0.3) is 10.9 Å². The van der Waals surface area contributed by atoms with Crippen LogP contribution < -0.4 is 15.3 Å².